The van der Waals surface area contributed by atoms with E-state index in [4.69, 9.17) is 4.74 Å². The highest BCUT2D eigenvalue weighted by Gasteiger charge is 2.47. The number of alkyl halides is 3. The SMILES string of the molecule is CN1C[C@@H](C(=O)Nc2ccc(OC(F)(F)F)cc2)[C@@H]2COc3ccccc3[C@@H]21. The van der Waals surface area contributed by atoms with Crippen molar-refractivity contribution in [3.8, 4) is 11.5 Å². The number of rotatable bonds is 3. The van der Waals surface area contributed by atoms with Crippen molar-refractivity contribution in [3.63, 3.8) is 0 Å². The van der Waals surface area contributed by atoms with Crippen molar-refractivity contribution < 1.29 is 27.4 Å². The first kappa shape index (κ1) is 18.6. The van der Waals surface area contributed by atoms with Crippen molar-refractivity contribution in [2.75, 3.05) is 25.5 Å². The molecule has 0 saturated carbocycles. The van der Waals surface area contributed by atoms with Crippen molar-refractivity contribution in [1.29, 1.82) is 0 Å². The summed E-state index contributed by atoms with van der Waals surface area (Å²) in [6.45, 7) is 1.02. The molecule has 0 bridgehead atoms. The lowest BCUT2D eigenvalue weighted by molar-refractivity contribution is -0.274. The monoisotopic (exact) mass is 392 g/mol. The van der Waals surface area contributed by atoms with Gasteiger partial charge in [0, 0.05) is 29.8 Å². The first-order chi connectivity index (χ1) is 13.3. The number of hydrogen-bond acceptors (Lipinski definition) is 4. The van der Waals surface area contributed by atoms with Crippen LogP contribution < -0.4 is 14.8 Å². The largest absolute Gasteiger partial charge is 0.573 e. The van der Waals surface area contributed by atoms with Gasteiger partial charge in [0.2, 0.25) is 5.91 Å². The third-order valence-corrected chi connectivity index (χ3v) is 5.24. The summed E-state index contributed by atoms with van der Waals surface area (Å²) in [7, 11) is 1.98. The highest BCUT2D eigenvalue weighted by Crippen LogP contribution is 2.46. The van der Waals surface area contributed by atoms with Gasteiger partial charge in [-0.3, -0.25) is 9.69 Å². The Kier molecular flexibility index (Phi) is 4.66. The molecule has 2 aliphatic rings. The number of carbonyl (C=O) groups excluding carboxylic acids is 1. The fourth-order valence-corrected chi connectivity index (χ4v) is 4.08. The maximum absolute atomic E-state index is 12.8. The predicted molar refractivity (Wildman–Crippen MR) is 96.0 cm³/mol. The van der Waals surface area contributed by atoms with Gasteiger partial charge in [-0.25, -0.2) is 0 Å². The predicted octanol–water partition coefficient (Wildman–Crippen LogP) is 3.84. The van der Waals surface area contributed by atoms with Crippen LogP contribution in [0.1, 0.15) is 11.6 Å². The Hall–Kier alpha value is -2.74. The van der Waals surface area contributed by atoms with Crippen molar-refractivity contribution in [2.24, 2.45) is 11.8 Å². The summed E-state index contributed by atoms with van der Waals surface area (Å²) in [4.78, 5) is 15.0. The van der Waals surface area contributed by atoms with Gasteiger partial charge in [0.15, 0.2) is 0 Å². The fraction of sp³-hybridized carbons (Fsp3) is 0.350. The molecule has 28 heavy (non-hydrogen) atoms. The van der Waals surface area contributed by atoms with Crippen LogP contribution in [0.15, 0.2) is 48.5 Å². The van der Waals surface area contributed by atoms with Gasteiger partial charge in [-0.05, 0) is 37.4 Å². The number of nitrogens with one attached hydrogen (secondary N) is 1. The third kappa shape index (κ3) is 3.64. The van der Waals surface area contributed by atoms with Crippen LogP contribution in [0.4, 0.5) is 18.9 Å². The van der Waals surface area contributed by atoms with E-state index in [1.807, 2.05) is 31.3 Å². The smallest absolute Gasteiger partial charge is 0.493 e. The molecule has 0 aliphatic carbocycles. The highest BCUT2D eigenvalue weighted by molar-refractivity contribution is 5.93. The first-order valence-electron chi connectivity index (χ1n) is 8.90. The van der Waals surface area contributed by atoms with E-state index in [1.165, 1.54) is 24.3 Å². The number of ether oxygens (including phenoxy) is 2. The van der Waals surface area contributed by atoms with Gasteiger partial charge in [-0.1, -0.05) is 18.2 Å². The molecule has 3 atom stereocenters. The maximum atomic E-state index is 12.8. The van der Waals surface area contributed by atoms with Crippen molar-refractivity contribution in [1.82, 2.24) is 4.90 Å². The summed E-state index contributed by atoms with van der Waals surface area (Å²) in [5, 5.41) is 2.79. The number of amides is 1. The van der Waals surface area contributed by atoms with Crippen molar-refractivity contribution in [3.05, 3.63) is 54.1 Å². The quantitative estimate of drug-likeness (QED) is 0.863. The summed E-state index contributed by atoms with van der Waals surface area (Å²) in [6.07, 6.45) is -4.74. The van der Waals surface area contributed by atoms with Gasteiger partial charge in [-0.2, -0.15) is 0 Å². The van der Waals surface area contributed by atoms with Crippen LogP contribution in [-0.4, -0.2) is 37.4 Å². The number of nitrogens with zero attached hydrogens (tertiary/aromatic N) is 1. The number of anilines is 1. The van der Waals surface area contributed by atoms with Gasteiger partial charge in [0.25, 0.3) is 0 Å². The Morgan fingerprint density at radius 1 is 1.18 bits per heavy atom. The Morgan fingerprint density at radius 3 is 2.61 bits per heavy atom. The zero-order valence-electron chi connectivity index (χ0n) is 15.1. The normalized spacial score (nSPS) is 24.1. The number of hydrogen-bond donors (Lipinski definition) is 1. The number of benzene rings is 2. The van der Waals surface area contributed by atoms with Crippen LogP contribution >= 0.6 is 0 Å². The Bertz CT molecular complexity index is 870. The van der Waals surface area contributed by atoms with E-state index in [-0.39, 0.29) is 29.5 Å². The second kappa shape index (κ2) is 7.01. The van der Waals surface area contributed by atoms with E-state index in [0.29, 0.717) is 18.8 Å². The summed E-state index contributed by atoms with van der Waals surface area (Å²) >= 11 is 0. The molecule has 2 aliphatic heterocycles. The Balaban J connectivity index is 1.46. The molecule has 5 nitrogen and oxygen atoms in total. The number of likely N-dealkylation sites (tertiary alicyclic amines) is 1. The van der Waals surface area contributed by atoms with Crippen molar-refractivity contribution in [2.45, 2.75) is 12.4 Å². The Labute approximate surface area is 160 Å². The zero-order valence-corrected chi connectivity index (χ0v) is 15.1. The van der Waals surface area contributed by atoms with Gasteiger partial charge < -0.3 is 14.8 Å². The minimum Gasteiger partial charge on any atom is -0.493 e. The third-order valence-electron chi connectivity index (χ3n) is 5.24. The summed E-state index contributed by atoms with van der Waals surface area (Å²) < 4.78 is 46.4. The molecule has 4 rings (SSSR count). The molecule has 1 N–H and O–H groups in total. The standard InChI is InChI=1S/C20H19F3N2O3/c1-25-10-15(16-11-27-17-5-3-2-4-14(17)18(16)25)19(26)24-12-6-8-13(9-7-12)28-20(21,22)23/h2-9,15-16,18H,10-11H2,1H3,(H,24,26)/t15-,16+,18+/m1/s1. The molecular formula is C20H19F3N2O3. The average molecular weight is 392 g/mol. The molecule has 1 amide bonds. The van der Waals surface area contributed by atoms with E-state index in [1.54, 1.807) is 0 Å². The number of fused-ring (bicyclic) bond motifs is 3. The lowest BCUT2D eigenvalue weighted by Crippen LogP contribution is -2.34. The molecule has 8 heteroatoms. The highest BCUT2D eigenvalue weighted by atomic mass is 19.4. The first-order valence-corrected chi connectivity index (χ1v) is 8.90. The minimum atomic E-state index is -4.74. The molecule has 1 fully saturated rings. The van der Waals surface area contributed by atoms with Crippen LogP contribution in [0.2, 0.25) is 0 Å². The fourth-order valence-electron chi connectivity index (χ4n) is 4.08. The molecule has 0 radical (unpaired) electrons. The van der Waals surface area contributed by atoms with Crippen LogP contribution in [0.25, 0.3) is 0 Å². The van der Waals surface area contributed by atoms with Gasteiger partial charge >= 0.3 is 6.36 Å². The molecular weight excluding hydrogens is 373 g/mol. The van der Waals surface area contributed by atoms with E-state index < -0.39 is 6.36 Å². The lowest BCUT2D eigenvalue weighted by atomic mass is 9.85. The van der Waals surface area contributed by atoms with Gasteiger partial charge in [0.1, 0.15) is 11.5 Å². The van der Waals surface area contributed by atoms with Crippen LogP contribution in [-0.2, 0) is 4.79 Å². The second-order valence-corrected chi connectivity index (χ2v) is 7.07. The van der Waals surface area contributed by atoms with Gasteiger partial charge in [-0.15, -0.1) is 13.2 Å². The van der Waals surface area contributed by atoms with E-state index in [9.17, 15) is 18.0 Å². The number of carbonyl (C=O) groups is 1. The molecule has 1 saturated heterocycles. The van der Waals surface area contributed by atoms with Crippen LogP contribution in [0.3, 0.4) is 0 Å². The molecule has 0 unspecified atom stereocenters. The minimum absolute atomic E-state index is 0.00716. The second-order valence-electron chi connectivity index (χ2n) is 7.07. The summed E-state index contributed by atoms with van der Waals surface area (Å²) in [5.74, 6) is 0.0642. The molecule has 2 heterocycles. The summed E-state index contributed by atoms with van der Waals surface area (Å²) in [6, 6.07) is 13.0. The van der Waals surface area contributed by atoms with E-state index in [0.717, 1.165) is 11.3 Å². The van der Waals surface area contributed by atoms with Crippen LogP contribution in [0.5, 0.6) is 11.5 Å². The lowest BCUT2D eigenvalue weighted by Gasteiger charge is -2.32. The maximum Gasteiger partial charge on any atom is 0.573 e. The molecule has 0 spiro atoms. The zero-order chi connectivity index (χ0) is 19.9. The Morgan fingerprint density at radius 2 is 1.89 bits per heavy atom. The molecule has 148 valence electrons. The van der Waals surface area contributed by atoms with Crippen LogP contribution in [0, 0.1) is 11.8 Å². The molecule has 2 aromatic rings. The summed E-state index contributed by atoms with van der Waals surface area (Å²) in [5.41, 5.74) is 1.49. The van der Waals surface area contributed by atoms with Crippen molar-refractivity contribution >= 4 is 11.6 Å². The number of para-hydroxylation sites is 1. The van der Waals surface area contributed by atoms with Gasteiger partial charge in [0.05, 0.1) is 12.5 Å². The molecule has 0 aromatic heterocycles. The average Bonchev–Trinajstić information content (AvgIpc) is 2.99. The number of halogens is 3. The molecule has 2 aromatic carbocycles. The van der Waals surface area contributed by atoms with E-state index >= 15 is 0 Å². The topological polar surface area (TPSA) is 50.8 Å². The van der Waals surface area contributed by atoms with E-state index in [2.05, 4.69) is 15.0 Å².